The monoisotopic (exact) mass is 472 g/mol. The molecule has 1 heterocycles. The first-order chi connectivity index (χ1) is 15.7. The van der Waals surface area contributed by atoms with Gasteiger partial charge in [-0.15, -0.1) is 0 Å². The van der Waals surface area contributed by atoms with Gasteiger partial charge in [0.25, 0.3) is 5.91 Å². The van der Waals surface area contributed by atoms with Gasteiger partial charge in [-0.05, 0) is 56.9 Å². The Morgan fingerprint density at radius 2 is 1.70 bits per heavy atom. The van der Waals surface area contributed by atoms with Crippen LogP contribution < -0.4 is 5.32 Å². The predicted molar refractivity (Wildman–Crippen MR) is 126 cm³/mol. The number of carbonyl (C=O) groups is 2. The van der Waals surface area contributed by atoms with Crippen molar-refractivity contribution in [3.8, 4) is 0 Å². The second-order valence-corrected chi connectivity index (χ2v) is 10.6. The topological polar surface area (TPSA) is 92.8 Å². The molecular weight excluding hydrogens is 440 g/mol. The normalized spacial score (nSPS) is 15.8. The fraction of sp³-hybridized carbons (Fsp3) is 0.440. The number of carbonyl (C=O) groups excluding carboxylic acids is 2. The van der Waals surface area contributed by atoms with Crippen LogP contribution in [-0.4, -0.2) is 43.8 Å². The Hall–Kier alpha value is -2.71. The van der Waals surface area contributed by atoms with E-state index < -0.39 is 27.9 Å². The number of ether oxygens (including phenoxy) is 1. The molecule has 1 N–H and O–H groups in total. The highest BCUT2D eigenvalue weighted by Gasteiger charge is 2.28. The van der Waals surface area contributed by atoms with Crippen LogP contribution in [0.1, 0.15) is 67.1 Å². The van der Waals surface area contributed by atoms with Crippen LogP contribution in [0, 0.1) is 6.92 Å². The van der Waals surface area contributed by atoms with Crippen LogP contribution in [0.2, 0.25) is 0 Å². The number of nitrogens with zero attached hydrogens (tertiary/aromatic N) is 1. The molecule has 1 atom stereocenters. The summed E-state index contributed by atoms with van der Waals surface area (Å²) in [5.41, 5.74) is 1.69. The zero-order chi connectivity index (χ0) is 24.0. The van der Waals surface area contributed by atoms with Crippen molar-refractivity contribution in [3.63, 3.8) is 0 Å². The summed E-state index contributed by atoms with van der Waals surface area (Å²) in [4.78, 5) is 25.7. The number of rotatable bonds is 8. The average Bonchev–Trinajstić information content (AvgIpc) is 2.79. The second kappa shape index (κ2) is 10.9. The lowest BCUT2D eigenvalue weighted by Gasteiger charge is -2.26. The standard InChI is InChI=1S/C25H32N2O5S/c1-18(2)32-24(28)17-23(20-10-6-4-7-11-20)26-25(29)22-16-21(13-12-19(22)3)33(30,31)27-14-8-5-9-15-27/h4,6-7,10-13,16,18,23H,5,8-9,14-15,17H2,1-3H3,(H,26,29). The summed E-state index contributed by atoms with van der Waals surface area (Å²) in [6, 6.07) is 13.2. The average molecular weight is 473 g/mol. The molecule has 1 unspecified atom stereocenters. The Bertz CT molecular complexity index is 1080. The fourth-order valence-electron chi connectivity index (χ4n) is 3.91. The molecule has 3 rings (SSSR count). The SMILES string of the molecule is Cc1ccc(S(=O)(=O)N2CCCCC2)cc1C(=O)NC(CC(=O)OC(C)C)c1ccccc1. The lowest BCUT2D eigenvalue weighted by molar-refractivity contribution is -0.147. The number of piperidine rings is 1. The third-order valence-corrected chi connectivity index (χ3v) is 7.55. The minimum atomic E-state index is -3.67. The highest BCUT2D eigenvalue weighted by molar-refractivity contribution is 7.89. The lowest BCUT2D eigenvalue weighted by atomic mass is 10.0. The van der Waals surface area contributed by atoms with Gasteiger partial charge in [0.05, 0.1) is 23.5 Å². The van der Waals surface area contributed by atoms with Gasteiger partial charge in [-0.2, -0.15) is 4.31 Å². The van der Waals surface area contributed by atoms with Crippen LogP contribution in [0.15, 0.2) is 53.4 Å². The van der Waals surface area contributed by atoms with Crippen molar-refractivity contribution in [2.24, 2.45) is 0 Å². The molecule has 0 bridgehead atoms. The van der Waals surface area contributed by atoms with Crippen LogP contribution >= 0.6 is 0 Å². The van der Waals surface area contributed by atoms with E-state index in [4.69, 9.17) is 4.74 Å². The molecule has 0 radical (unpaired) electrons. The molecular formula is C25H32N2O5S. The second-order valence-electron chi connectivity index (χ2n) is 8.62. The predicted octanol–water partition coefficient (Wildman–Crippen LogP) is 3.98. The number of benzene rings is 2. The first kappa shape index (κ1) is 24.9. The van der Waals surface area contributed by atoms with E-state index in [-0.39, 0.29) is 23.0 Å². The van der Waals surface area contributed by atoms with Crippen molar-refractivity contribution in [2.45, 2.75) is 63.5 Å². The summed E-state index contributed by atoms with van der Waals surface area (Å²) in [6.07, 6.45) is 2.41. The molecule has 0 saturated carbocycles. The van der Waals surface area contributed by atoms with Crippen molar-refractivity contribution in [1.29, 1.82) is 0 Å². The summed E-state index contributed by atoms with van der Waals surface area (Å²) in [7, 11) is -3.67. The number of sulfonamides is 1. The van der Waals surface area contributed by atoms with E-state index in [1.807, 2.05) is 30.3 Å². The van der Waals surface area contributed by atoms with E-state index in [1.165, 1.54) is 10.4 Å². The molecule has 0 aromatic heterocycles. The molecule has 7 nitrogen and oxygen atoms in total. The van der Waals surface area contributed by atoms with Crippen LogP contribution in [0.3, 0.4) is 0 Å². The Labute approximate surface area is 196 Å². The summed E-state index contributed by atoms with van der Waals surface area (Å²) < 4.78 is 32.9. The van der Waals surface area contributed by atoms with Crippen LogP contribution in [0.4, 0.5) is 0 Å². The number of aryl methyl sites for hydroxylation is 1. The first-order valence-corrected chi connectivity index (χ1v) is 12.8. The van der Waals surface area contributed by atoms with Gasteiger partial charge in [0.2, 0.25) is 10.0 Å². The Balaban J connectivity index is 1.86. The van der Waals surface area contributed by atoms with Crippen molar-refractivity contribution in [3.05, 3.63) is 65.2 Å². The van der Waals surface area contributed by atoms with Gasteiger partial charge in [-0.1, -0.05) is 42.8 Å². The Morgan fingerprint density at radius 3 is 2.33 bits per heavy atom. The molecule has 8 heteroatoms. The van der Waals surface area contributed by atoms with Gasteiger partial charge in [0, 0.05) is 18.7 Å². The third kappa shape index (κ3) is 6.42. The zero-order valence-corrected chi connectivity index (χ0v) is 20.2. The maximum atomic E-state index is 13.2. The lowest BCUT2D eigenvalue weighted by Crippen LogP contribution is -2.36. The smallest absolute Gasteiger partial charge is 0.308 e. The molecule has 1 fully saturated rings. The molecule has 1 saturated heterocycles. The van der Waals surface area contributed by atoms with E-state index in [0.717, 1.165) is 24.8 Å². The molecule has 1 aliphatic rings. The number of amides is 1. The van der Waals surface area contributed by atoms with Gasteiger partial charge in [0.15, 0.2) is 0 Å². The molecule has 33 heavy (non-hydrogen) atoms. The Morgan fingerprint density at radius 1 is 1.03 bits per heavy atom. The van der Waals surface area contributed by atoms with Gasteiger partial charge in [-0.3, -0.25) is 9.59 Å². The molecule has 0 aliphatic carbocycles. The summed E-state index contributed by atoms with van der Waals surface area (Å²) in [5, 5.41) is 2.90. The maximum Gasteiger partial charge on any atom is 0.308 e. The minimum absolute atomic E-state index is 0.0290. The van der Waals surface area contributed by atoms with Gasteiger partial charge in [-0.25, -0.2) is 8.42 Å². The highest BCUT2D eigenvalue weighted by atomic mass is 32.2. The summed E-state index contributed by atoms with van der Waals surface area (Å²) >= 11 is 0. The number of esters is 1. The number of hydrogen-bond acceptors (Lipinski definition) is 5. The molecule has 1 amide bonds. The van der Waals surface area contributed by atoms with Crippen LogP contribution in [0.25, 0.3) is 0 Å². The van der Waals surface area contributed by atoms with Crippen molar-refractivity contribution in [2.75, 3.05) is 13.1 Å². The van der Waals surface area contributed by atoms with E-state index in [1.54, 1.807) is 32.9 Å². The first-order valence-electron chi connectivity index (χ1n) is 11.3. The van der Waals surface area contributed by atoms with Crippen molar-refractivity contribution < 1.29 is 22.7 Å². The largest absolute Gasteiger partial charge is 0.463 e. The number of nitrogens with one attached hydrogen (secondary N) is 1. The van der Waals surface area contributed by atoms with E-state index in [2.05, 4.69) is 5.32 Å². The quantitative estimate of drug-likeness (QED) is 0.587. The highest BCUT2D eigenvalue weighted by Crippen LogP contribution is 2.24. The number of hydrogen-bond donors (Lipinski definition) is 1. The van der Waals surface area contributed by atoms with E-state index in [9.17, 15) is 18.0 Å². The van der Waals surface area contributed by atoms with Crippen molar-refractivity contribution >= 4 is 21.9 Å². The van der Waals surface area contributed by atoms with Gasteiger partial charge in [0.1, 0.15) is 0 Å². The van der Waals surface area contributed by atoms with Crippen molar-refractivity contribution in [1.82, 2.24) is 9.62 Å². The summed E-state index contributed by atoms with van der Waals surface area (Å²) in [6.45, 7) is 6.28. The molecule has 2 aromatic carbocycles. The van der Waals surface area contributed by atoms with Crippen LogP contribution in [-0.2, 0) is 19.6 Å². The molecule has 178 valence electrons. The zero-order valence-electron chi connectivity index (χ0n) is 19.4. The third-order valence-electron chi connectivity index (χ3n) is 5.65. The molecule has 2 aromatic rings. The molecule has 0 spiro atoms. The molecule has 1 aliphatic heterocycles. The van der Waals surface area contributed by atoms with Gasteiger partial charge >= 0.3 is 5.97 Å². The minimum Gasteiger partial charge on any atom is -0.463 e. The summed E-state index contributed by atoms with van der Waals surface area (Å²) in [5.74, 6) is -0.855. The fourth-order valence-corrected chi connectivity index (χ4v) is 5.46. The van der Waals surface area contributed by atoms with Gasteiger partial charge < -0.3 is 10.1 Å². The van der Waals surface area contributed by atoms with E-state index >= 15 is 0 Å². The Kier molecular flexibility index (Phi) is 8.26. The maximum absolute atomic E-state index is 13.2. The van der Waals surface area contributed by atoms with E-state index in [0.29, 0.717) is 18.7 Å². The van der Waals surface area contributed by atoms with Crippen LogP contribution in [0.5, 0.6) is 0 Å².